The van der Waals surface area contributed by atoms with Crippen molar-refractivity contribution in [2.24, 2.45) is 34.5 Å². The number of ether oxygens (including phenoxy) is 1. The summed E-state index contributed by atoms with van der Waals surface area (Å²) < 4.78 is 5.33. The van der Waals surface area contributed by atoms with E-state index >= 15 is 0 Å². The molecule has 0 amide bonds. The molecule has 7 atom stereocenters. The van der Waals surface area contributed by atoms with Gasteiger partial charge in [-0.3, -0.25) is 9.59 Å². The van der Waals surface area contributed by atoms with E-state index in [-0.39, 0.29) is 17.2 Å². The summed E-state index contributed by atoms with van der Waals surface area (Å²) in [5.41, 5.74) is 0.712. The van der Waals surface area contributed by atoms with Gasteiger partial charge >= 0.3 is 5.97 Å². The van der Waals surface area contributed by atoms with Gasteiger partial charge in [-0.25, -0.2) is 0 Å². The quantitative estimate of drug-likeness (QED) is 0.663. The third kappa shape index (κ3) is 2.37. The topological polar surface area (TPSA) is 43.4 Å². The number of rotatable bonds is 1. The van der Waals surface area contributed by atoms with Crippen LogP contribution in [0, 0.1) is 34.5 Å². The first kappa shape index (κ1) is 16.6. The third-order valence-corrected chi connectivity index (χ3v) is 8.57. The second-order valence-electron chi connectivity index (χ2n) is 9.72. The van der Waals surface area contributed by atoms with Gasteiger partial charge in [0.05, 0.1) is 0 Å². The lowest BCUT2D eigenvalue weighted by molar-refractivity contribution is -0.169. The fourth-order valence-corrected chi connectivity index (χ4v) is 7.38. The molecule has 0 aromatic heterocycles. The lowest BCUT2D eigenvalue weighted by Gasteiger charge is -2.60. The van der Waals surface area contributed by atoms with Gasteiger partial charge in [0, 0.05) is 13.3 Å². The second kappa shape index (κ2) is 5.57. The van der Waals surface area contributed by atoms with Crippen LogP contribution >= 0.6 is 0 Å². The standard InChI is InChI=1S/C21H32O3/c1-13(22)24-19-11-14-6-7-15-16-5-4-9-20(16,2)10-8-17(15)21(14,3)12-18(19)23/h14-17,19H,4-12H2,1-3H3/t14-,15+,16-,17-,19+,20+,21-/m0/s1. The maximum Gasteiger partial charge on any atom is 0.303 e. The molecular formula is C21H32O3. The molecule has 0 radical (unpaired) electrons. The van der Waals surface area contributed by atoms with Crippen LogP contribution < -0.4 is 0 Å². The first-order valence-electron chi connectivity index (χ1n) is 10.0. The van der Waals surface area contributed by atoms with Gasteiger partial charge in [-0.15, -0.1) is 0 Å². The largest absolute Gasteiger partial charge is 0.455 e. The van der Waals surface area contributed by atoms with Crippen LogP contribution in [0.3, 0.4) is 0 Å². The molecule has 0 aliphatic heterocycles. The summed E-state index contributed by atoms with van der Waals surface area (Å²) in [4.78, 5) is 24.0. The van der Waals surface area contributed by atoms with Crippen LogP contribution in [0.2, 0.25) is 0 Å². The van der Waals surface area contributed by atoms with E-state index in [1.54, 1.807) is 0 Å². The molecule has 24 heavy (non-hydrogen) atoms. The zero-order valence-corrected chi connectivity index (χ0v) is 15.5. The van der Waals surface area contributed by atoms with Crippen LogP contribution in [0.4, 0.5) is 0 Å². The highest BCUT2D eigenvalue weighted by atomic mass is 16.5. The first-order chi connectivity index (χ1) is 11.3. The maximum atomic E-state index is 12.7. The molecule has 0 spiro atoms. The molecule has 0 heterocycles. The van der Waals surface area contributed by atoms with Crippen LogP contribution in [-0.4, -0.2) is 17.9 Å². The zero-order valence-electron chi connectivity index (χ0n) is 15.5. The molecule has 4 rings (SSSR count). The summed E-state index contributed by atoms with van der Waals surface area (Å²) in [6.45, 7) is 6.33. The van der Waals surface area contributed by atoms with Gasteiger partial charge in [0.2, 0.25) is 0 Å². The van der Waals surface area contributed by atoms with Crippen molar-refractivity contribution in [3.8, 4) is 0 Å². The minimum Gasteiger partial charge on any atom is -0.455 e. The van der Waals surface area contributed by atoms with E-state index < -0.39 is 6.10 Å². The molecule has 0 unspecified atom stereocenters. The number of esters is 1. The van der Waals surface area contributed by atoms with Crippen LogP contribution in [-0.2, 0) is 14.3 Å². The second-order valence-corrected chi connectivity index (χ2v) is 9.72. The molecule has 3 heteroatoms. The molecule has 3 nitrogen and oxygen atoms in total. The molecule has 134 valence electrons. The van der Waals surface area contributed by atoms with Crippen molar-refractivity contribution < 1.29 is 14.3 Å². The highest BCUT2D eigenvalue weighted by molar-refractivity contribution is 5.86. The molecule has 0 aromatic rings. The average molecular weight is 332 g/mol. The summed E-state index contributed by atoms with van der Waals surface area (Å²) in [5, 5.41) is 0. The van der Waals surface area contributed by atoms with Crippen molar-refractivity contribution in [2.75, 3.05) is 0 Å². The molecule has 0 N–H and O–H groups in total. The molecule has 4 fully saturated rings. The zero-order chi connectivity index (χ0) is 17.1. The Morgan fingerprint density at radius 2 is 1.88 bits per heavy atom. The number of Topliss-reactive ketones (excluding diaryl/α,β-unsaturated/α-hetero) is 1. The SMILES string of the molecule is CC(=O)O[C@@H]1C[C@@H]2CC[C@@H]3[C@@H]4CCC[C@]4(C)CC[C@@H]3[C@@]2(C)CC1=O. The van der Waals surface area contributed by atoms with Crippen molar-refractivity contribution in [3.05, 3.63) is 0 Å². The summed E-state index contributed by atoms with van der Waals surface area (Å²) in [7, 11) is 0. The lowest BCUT2D eigenvalue weighted by Crippen LogP contribution is -2.55. The lowest BCUT2D eigenvalue weighted by atomic mass is 9.45. The predicted molar refractivity (Wildman–Crippen MR) is 92.3 cm³/mol. The summed E-state index contributed by atoms with van der Waals surface area (Å²) in [5.74, 6) is 2.82. The fourth-order valence-electron chi connectivity index (χ4n) is 7.38. The third-order valence-electron chi connectivity index (χ3n) is 8.57. The summed E-state index contributed by atoms with van der Waals surface area (Å²) in [6.07, 6.45) is 10.3. The highest BCUT2D eigenvalue weighted by Crippen LogP contribution is 2.65. The molecule has 0 aromatic carbocycles. The van der Waals surface area contributed by atoms with Crippen molar-refractivity contribution in [1.82, 2.24) is 0 Å². The Hall–Kier alpha value is -0.860. The molecule has 4 saturated carbocycles. The molecule has 4 aliphatic carbocycles. The first-order valence-corrected chi connectivity index (χ1v) is 10.0. The average Bonchev–Trinajstić information content (AvgIpc) is 2.89. The maximum absolute atomic E-state index is 12.7. The Balaban J connectivity index is 1.57. The Labute approximate surface area is 145 Å². The van der Waals surface area contributed by atoms with Gasteiger partial charge in [-0.05, 0) is 79.4 Å². The number of carbonyl (C=O) groups is 2. The van der Waals surface area contributed by atoms with Gasteiger partial charge in [0.1, 0.15) is 0 Å². The van der Waals surface area contributed by atoms with Crippen LogP contribution in [0.5, 0.6) is 0 Å². The Bertz CT molecular complexity index is 555. The number of hydrogen-bond acceptors (Lipinski definition) is 3. The van der Waals surface area contributed by atoms with Crippen LogP contribution in [0.25, 0.3) is 0 Å². The van der Waals surface area contributed by atoms with E-state index in [1.807, 2.05) is 0 Å². The number of fused-ring (bicyclic) bond motifs is 5. The van der Waals surface area contributed by atoms with Crippen molar-refractivity contribution in [1.29, 1.82) is 0 Å². The van der Waals surface area contributed by atoms with Gasteiger partial charge < -0.3 is 4.74 Å². The van der Waals surface area contributed by atoms with Gasteiger partial charge in [0.15, 0.2) is 11.9 Å². The highest BCUT2D eigenvalue weighted by Gasteiger charge is 2.59. The van der Waals surface area contributed by atoms with E-state index in [9.17, 15) is 9.59 Å². The van der Waals surface area contributed by atoms with Crippen molar-refractivity contribution >= 4 is 11.8 Å². The summed E-state index contributed by atoms with van der Waals surface area (Å²) in [6, 6.07) is 0. The minimum absolute atomic E-state index is 0.139. The van der Waals surface area contributed by atoms with Crippen LogP contribution in [0.15, 0.2) is 0 Å². The normalized spacial score (nSPS) is 50.6. The van der Waals surface area contributed by atoms with E-state index in [0.717, 1.165) is 18.3 Å². The van der Waals surface area contributed by atoms with E-state index in [4.69, 9.17) is 4.74 Å². The fraction of sp³-hybridized carbons (Fsp3) is 0.905. The number of hydrogen-bond donors (Lipinski definition) is 0. The van der Waals surface area contributed by atoms with Gasteiger partial charge in [-0.2, -0.15) is 0 Å². The minimum atomic E-state index is -0.475. The van der Waals surface area contributed by atoms with E-state index in [1.165, 1.54) is 51.9 Å². The molecule has 0 bridgehead atoms. The Kier molecular flexibility index (Phi) is 3.85. The summed E-state index contributed by atoms with van der Waals surface area (Å²) >= 11 is 0. The van der Waals surface area contributed by atoms with Gasteiger partial charge in [0.25, 0.3) is 0 Å². The number of carbonyl (C=O) groups excluding carboxylic acids is 2. The molecule has 0 saturated heterocycles. The predicted octanol–water partition coefficient (Wildman–Crippen LogP) is 4.53. The van der Waals surface area contributed by atoms with Crippen LogP contribution in [0.1, 0.15) is 78.6 Å². The smallest absolute Gasteiger partial charge is 0.303 e. The van der Waals surface area contributed by atoms with E-state index in [0.29, 0.717) is 23.7 Å². The van der Waals surface area contributed by atoms with Gasteiger partial charge in [-0.1, -0.05) is 20.3 Å². The molecular weight excluding hydrogens is 300 g/mol. The van der Waals surface area contributed by atoms with Crippen molar-refractivity contribution in [3.63, 3.8) is 0 Å². The van der Waals surface area contributed by atoms with Crippen molar-refractivity contribution in [2.45, 2.75) is 84.7 Å². The monoisotopic (exact) mass is 332 g/mol. The number of ketones is 1. The van der Waals surface area contributed by atoms with E-state index in [2.05, 4.69) is 13.8 Å². The Morgan fingerprint density at radius 1 is 1.08 bits per heavy atom. The molecule has 4 aliphatic rings. The Morgan fingerprint density at radius 3 is 2.62 bits per heavy atom.